The van der Waals surface area contributed by atoms with Gasteiger partial charge in [-0.15, -0.1) is 11.8 Å². The van der Waals surface area contributed by atoms with Gasteiger partial charge in [-0.2, -0.15) is 11.8 Å². The minimum Gasteiger partial charge on any atom is -0.244 e. The average molecular weight is 338 g/mol. The highest BCUT2D eigenvalue weighted by Crippen LogP contribution is 2.35. The van der Waals surface area contributed by atoms with E-state index in [0.717, 1.165) is 10.7 Å². The fourth-order valence-electron chi connectivity index (χ4n) is 2.64. The van der Waals surface area contributed by atoms with E-state index in [1.54, 1.807) is 11.8 Å². The summed E-state index contributed by atoms with van der Waals surface area (Å²) in [5, 5.41) is 3.84. The highest BCUT2D eigenvalue weighted by molar-refractivity contribution is 8.15. The van der Waals surface area contributed by atoms with Crippen molar-refractivity contribution < 1.29 is 0 Å². The van der Waals surface area contributed by atoms with Gasteiger partial charge in [0.25, 0.3) is 0 Å². The Labute approximate surface area is 146 Å². The molecule has 0 aliphatic rings. The highest BCUT2D eigenvalue weighted by Gasteiger charge is 2.17. The molecule has 0 aromatic heterocycles. The Morgan fingerprint density at radius 3 is 2.26 bits per heavy atom. The van der Waals surface area contributed by atoms with E-state index < -0.39 is 0 Å². The van der Waals surface area contributed by atoms with Crippen LogP contribution in [0, 0.1) is 0 Å². The summed E-state index contributed by atoms with van der Waals surface area (Å²) in [6.07, 6.45) is 4.25. The SMILES string of the molecule is CSC(=Nc1cccc2ccccc12)C(SC)c1ccccc1. The van der Waals surface area contributed by atoms with Crippen LogP contribution in [-0.4, -0.2) is 17.6 Å². The van der Waals surface area contributed by atoms with Gasteiger partial charge in [0.15, 0.2) is 0 Å². The molecule has 0 aliphatic carbocycles. The van der Waals surface area contributed by atoms with E-state index in [2.05, 4.69) is 85.3 Å². The second kappa shape index (κ2) is 7.71. The lowest BCUT2D eigenvalue weighted by atomic mass is 10.1. The van der Waals surface area contributed by atoms with Gasteiger partial charge in [-0.1, -0.05) is 66.7 Å². The van der Waals surface area contributed by atoms with Gasteiger partial charge in [-0.05, 0) is 29.5 Å². The molecular weight excluding hydrogens is 318 g/mol. The minimum absolute atomic E-state index is 0.269. The third-order valence-electron chi connectivity index (χ3n) is 3.77. The van der Waals surface area contributed by atoms with Crippen LogP contribution in [0.25, 0.3) is 10.8 Å². The molecule has 3 aromatic rings. The molecule has 116 valence electrons. The predicted octanol–water partition coefficient (Wildman–Crippen LogP) is 6.34. The van der Waals surface area contributed by atoms with Crippen LogP contribution in [-0.2, 0) is 0 Å². The van der Waals surface area contributed by atoms with Gasteiger partial charge < -0.3 is 0 Å². The maximum absolute atomic E-state index is 5.01. The zero-order chi connectivity index (χ0) is 16.1. The first-order valence-electron chi connectivity index (χ1n) is 7.51. The van der Waals surface area contributed by atoms with Crippen LogP contribution in [0.4, 0.5) is 5.69 Å². The third kappa shape index (κ3) is 3.62. The predicted molar refractivity (Wildman–Crippen MR) is 107 cm³/mol. The summed E-state index contributed by atoms with van der Waals surface area (Å²) in [6, 6.07) is 25.3. The Morgan fingerprint density at radius 1 is 0.826 bits per heavy atom. The highest BCUT2D eigenvalue weighted by atomic mass is 32.2. The molecule has 0 spiro atoms. The number of hydrogen-bond donors (Lipinski definition) is 0. The Balaban J connectivity index is 2.06. The number of rotatable bonds is 4. The number of benzene rings is 3. The van der Waals surface area contributed by atoms with Gasteiger partial charge in [0.1, 0.15) is 0 Å². The van der Waals surface area contributed by atoms with Crippen molar-refractivity contribution in [1.82, 2.24) is 0 Å². The topological polar surface area (TPSA) is 12.4 Å². The second-order valence-electron chi connectivity index (χ2n) is 5.18. The molecule has 0 aliphatic heterocycles. The summed E-state index contributed by atoms with van der Waals surface area (Å²) in [5.74, 6) is 0. The van der Waals surface area contributed by atoms with E-state index in [1.807, 2.05) is 11.8 Å². The third-order valence-corrected chi connectivity index (χ3v) is 5.63. The molecule has 0 heterocycles. The maximum Gasteiger partial charge on any atom is 0.0910 e. The molecule has 0 fully saturated rings. The van der Waals surface area contributed by atoms with E-state index in [4.69, 9.17) is 4.99 Å². The van der Waals surface area contributed by atoms with Crippen molar-refractivity contribution >= 4 is 45.0 Å². The Hall–Kier alpha value is -1.71. The number of hydrogen-bond acceptors (Lipinski definition) is 3. The first-order chi connectivity index (χ1) is 11.3. The largest absolute Gasteiger partial charge is 0.244 e. The first kappa shape index (κ1) is 16.2. The molecule has 0 radical (unpaired) electrons. The summed E-state index contributed by atoms with van der Waals surface area (Å²) in [6.45, 7) is 0. The zero-order valence-electron chi connectivity index (χ0n) is 13.3. The van der Waals surface area contributed by atoms with Crippen molar-refractivity contribution in [1.29, 1.82) is 0 Å². The molecule has 3 rings (SSSR count). The van der Waals surface area contributed by atoms with Crippen LogP contribution in [0.3, 0.4) is 0 Å². The van der Waals surface area contributed by atoms with Crippen molar-refractivity contribution in [2.24, 2.45) is 4.99 Å². The van der Waals surface area contributed by atoms with Crippen molar-refractivity contribution in [3.8, 4) is 0 Å². The molecular formula is C20H19NS2. The molecule has 0 N–H and O–H groups in total. The van der Waals surface area contributed by atoms with Crippen molar-refractivity contribution in [2.45, 2.75) is 5.25 Å². The normalized spacial score (nSPS) is 13.2. The Kier molecular flexibility index (Phi) is 5.42. The van der Waals surface area contributed by atoms with Crippen LogP contribution in [0.5, 0.6) is 0 Å². The van der Waals surface area contributed by atoms with Crippen LogP contribution >= 0.6 is 23.5 Å². The molecule has 3 heteroatoms. The second-order valence-corrected chi connectivity index (χ2v) is 6.95. The van der Waals surface area contributed by atoms with E-state index >= 15 is 0 Å². The summed E-state index contributed by atoms with van der Waals surface area (Å²) in [7, 11) is 0. The van der Waals surface area contributed by atoms with Gasteiger partial charge in [0.2, 0.25) is 0 Å². The van der Waals surface area contributed by atoms with Gasteiger partial charge in [-0.25, -0.2) is 4.99 Å². The van der Waals surface area contributed by atoms with Crippen LogP contribution in [0.15, 0.2) is 77.8 Å². The van der Waals surface area contributed by atoms with E-state index in [0.29, 0.717) is 0 Å². The molecule has 1 nitrogen and oxygen atoms in total. The summed E-state index contributed by atoms with van der Waals surface area (Å²) >= 11 is 3.56. The number of aliphatic imine (C=N–C) groups is 1. The van der Waals surface area contributed by atoms with E-state index in [-0.39, 0.29) is 5.25 Å². The summed E-state index contributed by atoms with van der Waals surface area (Å²) in [4.78, 5) is 5.01. The summed E-state index contributed by atoms with van der Waals surface area (Å²) < 4.78 is 0. The lowest BCUT2D eigenvalue weighted by Crippen LogP contribution is -2.04. The molecule has 3 aromatic carbocycles. The average Bonchev–Trinajstić information content (AvgIpc) is 2.62. The molecule has 0 amide bonds. The van der Waals surface area contributed by atoms with Crippen LogP contribution in [0.2, 0.25) is 0 Å². The van der Waals surface area contributed by atoms with Gasteiger partial charge in [-0.3, -0.25) is 0 Å². The number of fused-ring (bicyclic) bond motifs is 1. The monoisotopic (exact) mass is 337 g/mol. The fourth-order valence-corrected chi connectivity index (χ4v) is 4.44. The lowest BCUT2D eigenvalue weighted by Gasteiger charge is -2.16. The standard InChI is InChI=1S/C20H19NS2/c1-22-19(16-10-4-3-5-11-16)20(23-2)21-18-14-8-12-15-9-6-7-13-17(15)18/h3-14,19H,1-2H3. The molecule has 1 unspecified atom stereocenters. The summed E-state index contributed by atoms with van der Waals surface area (Å²) in [5.41, 5.74) is 2.34. The van der Waals surface area contributed by atoms with E-state index in [9.17, 15) is 0 Å². The van der Waals surface area contributed by atoms with Crippen LogP contribution < -0.4 is 0 Å². The molecule has 23 heavy (non-hydrogen) atoms. The molecule has 0 bridgehead atoms. The first-order valence-corrected chi connectivity index (χ1v) is 10.0. The van der Waals surface area contributed by atoms with E-state index in [1.165, 1.54) is 16.3 Å². The van der Waals surface area contributed by atoms with Gasteiger partial charge >= 0.3 is 0 Å². The minimum atomic E-state index is 0.269. The van der Waals surface area contributed by atoms with Gasteiger partial charge in [0, 0.05) is 5.39 Å². The fraction of sp³-hybridized carbons (Fsp3) is 0.150. The quantitative estimate of drug-likeness (QED) is 0.407. The molecule has 1 atom stereocenters. The Morgan fingerprint density at radius 2 is 1.52 bits per heavy atom. The lowest BCUT2D eigenvalue weighted by molar-refractivity contribution is 1.30. The molecule has 0 saturated heterocycles. The number of thioether (sulfide) groups is 2. The Bertz CT molecular complexity index is 807. The van der Waals surface area contributed by atoms with Crippen molar-refractivity contribution in [2.75, 3.05) is 12.5 Å². The smallest absolute Gasteiger partial charge is 0.0910 e. The zero-order valence-corrected chi connectivity index (χ0v) is 14.9. The van der Waals surface area contributed by atoms with Crippen molar-refractivity contribution in [3.05, 3.63) is 78.4 Å². The molecule has 0 saturated carbocycles. The van der Waals surface area contributed by atoms with Crippen molar-refractivity contribution in [3.63, 3.8) is 0 Å². The maximum atomic E-state index is 5.01. The van der Waals surface area contributed by atoms with Gasteiger partial charge in [0.05, 0.1) is 16.0 Å². The van der Waals surface area contributed by atoms with Crippen LogP contribution in [0.1, 0.15) is 10.8 Å². The number of nitrogens with zero attached hydrogens (tertiary/aromatic N) is 1.